The molecule has 0 aromatic carbocycles. The molecule has 1 aliphatic carbocycles. The molecule has 3 aliphatic rings. The monoisotopic (exact) mass is 331 g/mol. The van der Waals surface area contributed by atoms with Gasteiger partial charge in [-0.2, -0.15) is 0 Å². The van der Waals surface area contributed by atoms with Gasteiger partial charge in [-0.15, -0.1) is 0 Å². The summed E-state index contributed by atoms with van der Waals surface area (Å²) in [6.07, 6.45) is 4.76. The van der Waals surface area contributed by atoms with E-state index in [1.165, 1.54) is 0 Å². The fourth-order valence-electron chi connectivity index (χ4n) is 3.54. The van der Waals surface area contributed by atoms with Gasteiger partial charge in [0.15, 0.2) is 0 Å². The molecule has 3 rings (SSSR count). The van der Waals surface area contributed by atoms with Crippen molar-refractivity contribution in [1.82, 2.24) is 14.5 Å². The maximum atomic E-state index is 12.3. The molecule has 8 nitrogen and oxygen atoms in total. The Bertz CT molecular complexity index is 584. The largest absolute Gasteiger partial charge is 0.381 e. The Kier molecular flexibility index (Phi) is 3.80. The zero-order valence-corrected chi connectivity index (χ0v) is 13.4. The minimum Gasteiger partial charge on any atom is -0.381 e. The van der Waals surface area contributed by atoms with Crippen LogP contribution in [0.15, 0.2) is 0 Å². The van der Waals surface area contributed by atoms with E-state index in [-0.39, 0.29) is 24.5 Å². The molecule has 22 heavy (non-hydrogen) atoms. The highest BCUT2D eigenvalue weighted by Crippen LogP contribution is 2.48. The normalized spacial score (nSPS) is 27.9. The summed E-state index contributed by atoms with van der Waals surface area (Å²) in [6, 6.07) is -1.21. The minimum absolute atomic E-state index is 0.0226. The van der Waals surface area contributed by atoms with Crippen molar-refractivity contribution in [3.63, 3.8) is 0 Å². The molecule has 2 aliphatic heterocycles. The fourth-order valence-corrected chi connectivity index (χ4v) is 4.33. The van der Waals surface area contributed by atoms with E-state index in [0.717, 1.165) is 41.1 Å². The zero-order chi connectivity index (χ0) is 16.0. The molecule has 3 fully saturated rings. The topological polar surface area (TPSA) is 96.0 Å². The molecule has 0 bridgehead atoms. The highest BCUT2D eigenvalue weighted by molar-refractivity contribution is 7.88. The zero-order valence-electron chi connectivity index (χ0n) is 12.6. The number of hydrogen-bond acceptors (Lipinski definition) is 5. The van der Waals surface area contributed by atoms with Crippen LogP contribution in [0.4, 0.5) is 9.59 Å². The van der Waals surface area contributed by atoms with E-state index >= 15 is 0 Å². The number of rotatable bonds is 2. The van der Waals surface area contributed by atoms with Crippen molar-refractivity contribution >= 4 is 22.1 Å². The highest BCUT2D eigenvalue weighted by Gasteiger charge is 2.49. The summed E-state index contributed by atoms with van der Waals surface area (Å²) in [5.74, 6) is 0. The average Bonchev–Trinajstić information content (AvgIpc) is 2.86. The standard InChI is InChI=1S/C13H21N3O5S/c1-22(19,20)16-7-6-15(12(16)18)11(17)14-10-2-3-13(10)4-8-21-9-5-13/h10H,2-9H2,1H3,(H,14,17). The maximum Gasteiger partial charge on any atom is 0.341 e. The Morgan fingerprint density at radius 2 is 1.95 bits per heavy atom. The van der Waals surface area contributed by atoms with Gasteiger partial charge in [0.25, 0.3) is 0 Å². The van der Waals surface area contributed by atoms with Crippen LogP contribution in [0.1, 0.15) is 25.7 Å². The van der Waals surface area contributed by atoms with E-state index in [4.69, 9.17) is 4.74 Å². The maximum absolute atomic E-state index is 12.3. The van der Waals surface area contributed by atoms with Gasteiger partial charge < -0.3 is 10.1 Å². The third-order valence-corrected chi connectivity index (χ3v) is 6.21. The van der Waals surface area contributed by atoms with E-state index in [1.54, 1.807) is 0 Å². The molecule has 1 saturated carbocycles. The van der Waals surface area contributed by atoms with Gasteiger partial charge in [0.2, 0.25) is 10.0 Å². The number of carbonyl (C=O) groups excluding carboxylic acids is 2. The Labute approximate surface area is 129 Å². The first kappa shape index (κ1) is 15.5. The van der Waals surface area contributed by atoms with Crippen LogP contribution in [0.5, 0.6) is 0 Å². The van der Waals surface area contributed by atoms with Crippen molar-refractivity contribution in [2.75, 3.05) is 32.6 Å². The second kappa shape index (κ2) is 5.38. The molecule has 2 heterocycles. The van der Waals surface area contributed by atoms with Crippen LogP contribution in [-0.2, 0) is 14.8 Å². The number of ether oxygens (including phenoxy) is 1. The molecular formula is C13H21N3O5S. The van der Waals surface area contributed by atoms with Gasteiger partial charge in [0.1, 0.15) is 0 Å². The number of amides is 4. The van der Waals surface area contributed by atoms with Crippen molar-refractivity contribution < 1.29 is 22.7 Å². The quantitative estimate of drug-likeness (QED) is 0.788. The molecule has 1 N–H and O–H groups in total. The Morgan fingerprint density at radius 3 is 2.45 bits per heavy atom. The SMILES string of the molecule is CS(=O)(=O)N1CCN(C(=O)NC2CCC23CCOCC3)C1=O. The van der Waals surface area contributed by atoms with Gasteiger partial charge in [-0.25, -0.2) is 27.2 Å². The summed E-state index contributed by atoms with van der Waals surface area (Å²) < 4.78 is 29.1. The van der Waals surface area contributed by atoms with Crippen LogP contribution in [0.25, 0.3) is 0 Å². The van der Waals surface area contributed by atoms with Crippen LogP contribution < -0.4 is 5.32 Å². The summed E-state index contributed by atoms with van der Waals surface area (Å²) in [5.41, 5.74) is 0.0905. The first-order valence-corrected chi connectivity index (χ1v) is 9.36. The second-order valence-electron chi connectivity index (χ2n) is 6.28. The molecule has 0 radical (unpaired) electrons. The number of sulfonamides is 1. The van der Waals surface area contributed by atoms with Gasteiger partial charge in [0.05, 0.1) is 19.3 Å². The van der Waals surface area contributed by atoms with Crippen molar-refractivity contribution in [2.24, 2.45) is 5.41 Å². The molecule has 1 unspecified atom stereocenters. The lowest BCUT2D eigenvalue weighted by molar-refractivity contribution is -0.0517. The fraction of sp³-hybridized carbons (Fsp3) is 0.846. The number of urea groups is 2. The molecular weight excluding hydrogens is 310 g/mol. The third kappa shape index (κ3) is 2.56. The number of nitrogens with one attached hydrogen (secondary N) is 1. The van der Waals surface area contributed by atoms with Gasteiger partial charge in [-0.3, -0.25) is 0 Å². The number of imide groups is 1. The van der Waals surface area contributed by atoms with Crippen molar-refractivity contribution in [3.05, 3.63) is 0 Å². The van der Waals surface area contributed by atoms with Crippen LogP contribution >= 0.6 is 0 Å². The summed E-state index contributed by atoms with van der Waals surface area (Å²) in [6.45, 7) is 1.53. The van der Waals surface area contributed by atoms with Gasteiger partial charge in [-0.05, 0) is 31.1 Å². The number of hydrogen-bond donors (Lipinski definition) is 1. The predicted molar refractivity (Wildman–Crippen MR) is 77.7 cm³/mol. The van der Waals surface area contributed by atoms with E-state index in [0.29, 0.717) is 13.2 Å². The van der Waals surface area contributed by atoms with Crippen LogP contribution in [0.3, 0.4) is 0 Å². The van der Waals surface area contributed by atoms with E-state index in [2.05, 4.69) is 5.32 Å². The molecule has 1 spiro atoms. The van der Waals surface area contributed by atoms with Crippen molar-refractivity contribution in [1.29, 1.82) is 0 Å². The lowest BCUT2D eigenvalue weighted by Gasteiger charge is -2.52. The van der Waals surface area contributed by atoms with E-state index in [1.807, 2.05) is 0 Å². The summed E-state index contributed by atoms with van der Waals surface area (Å²) in [7, 11) is -3.62. The van der Waals surface area contributed by atoms with Crippen molar-refractivity contribution in [2.45, 2.75) is 31.7 Å². The van der Waals surface area contributed by atoms with Gasteiger partial charge >= 0.3 is 12.1 Å². The Balaban J connectivity index is 1.62. The minimum atomic E-state index is -3.62. The van der Waals surface area contributed by atoms with Crippen LogP contribution in [0, 0.1) is 5.41 Å². The molecule has 2 saturated heterocycles. The summed E-state index contributed by atoms with van der Waals surface area (Å²) >= 11 is 0. The van der Waals surface area contributed by atoms with E-state index < -0.39 is 22.1 Å². The molecule has 0 aromatic heterocycles. The van der Waals surface area contributed by atoms with E-state index in [9.17, 15) is 18.0 Å². The first-order chi connectivity index (χ1) is 10.3. The predicted octanol–water partition coefficient (Wildman–Crippen LogP) is 0.352. The van der Waals surface area contributed by atoms with Crippen LogP contribution in [0.2, 0.25) is 0 Å². The highest BCUT2D eigenvalue weighted by atomic mass is 32.2. The molecule has 9 heteroatoms. The first-order valence-electron chi connectivity index (χ1n) is 7.51. The third-order valence-electron chi connectivity index (χ3n) is 5.07. The van der Waals surface area contributed by atoms with Crippen LogP contribution in [-0.4, -0.2) is 68.3 Å². The molecule has 0 aromatic rings. The number of carbonyl (C=O) groups is 2. The van der Waals surface area contributed by atoms with Crippen molar-refractivity contribution in [3.8, 4) is 0 Å². The summed E-state index contributed by atoms with van der Waals surface area (Å²) in [5, 5.41) is 2.91. The number of nitrogens with zero attached hydrogens (tertiary/aromatic N) is 2. The lowest BCUT2D eigenvalue weighted by atomic mass is 9.60. The smallest absolute Gasteiger partial charge is 0.341 e. The molecule has 1 atom stereocenters. The van der Waals surface area contributed by atoms with Gasteiger partial charge in [0, 0.05) is 19.3 Å². The second-order valence-corrected chi connectivity index (χ2v) is 8.19. The Hall–Kier alpha value is -1.35. The lowest BCUT2D eigenvalue weighted by Crippen LogP contribution is -2.59. The average molecular weight is 331 g/mol. The van der Waals surface area contributed by atoms with Gasteiger partial charge in [-0.1, -0.05) is 0 Å². The Morgan fingerprint density at radius 1 is 1.27 bits per heavy atom. The molecule has 4 amide bonds. The molecule has 124 valence electrons. The summed E-state index contributed by atoms with van der Waals surface area (Å²) in [4.78, 5) is 25.3.